The fraction of sp³-hybridized carbons (Fsp3) is 0.320. The number of nitrogens with two attached hydrogens (primary N) is 1. The van der Waals surface area contributed by atoms with Crippen molar-refractivity contribution in [2.45, 2.75) is 26.2 Å². The van der Waals surface area contributed by atoms with Crippen molar-refractivity contribution in [3.8, 4) is 34.0 Å². The molecule has 180 valence electrons. The third-order valence-electron chi connectivity index (χ3n) is 6.30. The van der Waals surface area contributed by atoms with Crippen LogP contribution < -0.4 is 10.5 Å². The van der Waals surface area contributed by atoms with Crippen molar-refractivity contribution in [2.24, 2.45) is 0 Å². The Bertz CT molecular complexity index is 1300. The second-order valence-corrected chi connectivity index (χ2v) is 8.58. The Morgan fingerprint density at radius 1 is 1.06 bits per heavy atom. The van der Waals surface area contributed by atoms with E-state index in [1.165, 1.54) is 23.9 Å². The number of benzene rings is 1. The predicted octanol–water partition coefficient (Wildman–Crippen LogP) is 3.68. The van der Waals surface area contributed by atoms with Crippen LogP contribution in [0.2, 0.25) is 0 Å². The van der Waals surface area contributed by atoms with Gasteiger partial charge in [-0.2, -0.15) is 4.68 Å². The highest BCUT2D eigenvalue weighted by molar-refractivity contribution is 5.76. The second kappa shape index (κ2) is 10.1. The van der Waals surface area contributed by atoms with Crippen LogP contribution in [0, 0.1) is 12.7 Å². The maximum Gasteiger partial charge on any atom is 0.190 e. The van der Waals surface area contributed by atoms with Gasteiger partial charge in [0.15, 0.2) is 11.6 Å². The number of hydrogen-bond acceptors (Lipinski definition) is 8. The van der Waals surface area contributed by atoms with Gasteiger partial charge < -0.3 is 10.5 Å². The number of nitrogen functional groups attached to an aromatic ring is 1. The number of hydrogen-bond donors (Lipinski definition) is 1. The molecule has 0 radical (unpaired) electrons. The third-order valence-corrected chi connectivity index (χ3v) is 6.30. The van der Waals surface area contributed by atoms with E-state index in [0.717, 1.165) is 30.8 Å². The summed E-state index contributed by atoms with van der Waals surface area (Å²) in [5.74, 6) is 0.598. The summed E-state index contributed by atoms with van der Waals surface area (Å²) in [7, 11) is 0. The van der Waals surface area contributed by atoms with Crippen LogP contribution in [-0.2, 0) is 0 Å². The number of tetrazole rings is 1. The van der Waals surface area contributed by atoms with Gasteiger partial charge in [-0.05, 0) is 79.2 Å². The lowest BCUT2D eigenvalue weighted by molar-refractivity contribution is 0.182. The van der Waals surface area contributed by atoms with E-state index in [-0.39, 0.29) is 11.5 Å². The minimum atomic E-state index is -0.453. The molecule has 4 aromatic rings. The zero-order valence-electron chi connectivity index (χ0n) is 19.6. The van der Waals surface area contributed by atoms with Gasteiger partial charge in [0.25, 0.3) is 0 Å². The molecule has 0 saturated carbocycles. The van der Waals surface area contributed by atoms with Crippen molar-refractivity contribution >= 4 is 5.82 Å². The summed E-state index contributed by atoms with van der Waals surface area (Å²) in [6, 6.07) is 8.95. The summed E-state index contributed by atoms with van der Waals surface area (Å²) in [4.78, 5) is 10.7. The summed E-state index contributed by atoms with van der Waals surface area (Å²) in [6.45, 7) is 5.23. The van der Waals surface area contributed by atoms with Crippen LogP contribution in [0.3, 0.4) is 0 Å². The van der Waals surface area contributed by atoms with E-state index in [2.05, 4.69) is 30.4 Å². The normalized spacial score (nSPS) is 14.2. The fourth-order valence-corrected chi connectivity index (χ4v) is 4.31. The van der Waals surface area contributed by atoms with E-state index in [1.54, 1.807) is 37.6 Å². The number of likely N-dealkylation sites (tertiary alicyclic amines) is 1. The topological polar surface area (TPSA) is 108 Å². The molecule has 1 aromatic carbocycles. The van der Waals surface area contributed by atoms with Crippen molar-refractivity contribution in [3.63, 3.8) is 0 Å². The van der Waals surface area contributed by atoms with E-state index in [9.17, 15) is 0 Å². The first-order valence-electron chi connectivity index (χ1n) is 11.7. The van der Waals surface area contributed by atoms with Gasteiger partial charge in [0.2, 0.25) is 0 Å². The largest absolute Gasteiger partial charge is 0.492 e. The predicted molar refractivity (Wildman–Crippen MR) is 131 cm³/mol. The first-order valence-corrected chi connectivity index (χ1v) is 11.7. The molecular weight excluding hydrogens is 447 g/mol. The lowest BCUT2D eigenvalue weighted by atomic mass is 10.1. The van der Waals surface area contributed by atoms with Gasteiger partial charge in [-0.25, -0.2) is 9.37 Å². The number of nitrogens with zero attached hydrogens (tertiary/aromatic N) is 7. The maximum atomic E-state index is 15.5. The fourth-order valence-electron chi connectivity index (χ4n) is 4.31. The Morgan fingerprint density at radius 2 is 1.86 bits per heavy atom. The summed E-state index contributed by atoms with van der Waals surface area (Å²) < 4.78 is 22.7. The smallest absolute Gasteiger partial charge is 0.190 e. The number of pyridine rings is 2. The summed E-state index contributed by atoms with van der Waals surface area (Å²) in [5, 5.41) is 11.9. The average molecular weight is 475 g/mol. The first kappa shape index (κ1) is 22.9. The van der Waals surface area contributed by atoms with E-state index in [1.807, 2.05) is 18.2 Å². The summed E-state index contributed by atoms with van der Waals surface area (Å²) in [5.41, 5.74) is 9.01. The lowest BCUT2D eigenvalue weighted by Gasteiger charge is -2.26. The molecule has 35 heavy (non-hydrogen) atoms. The molecule has 0 spiro atoms. The van der Waals surface area contributed by atoms with Crippen molar-refractivity contribution in [3.05, 3.63) is 60.3 Å². The molecule has 2 N–H and O–H groups in total. The molecule has 5 rings (SSSR count). The molecule has 0 amide bonds. The Kier molecular flexibility index (Phi) is 6.62. The monoisotopic (exact) mass is 474 g/mol. The zero-order valence-corrected chi connectivity index (χ0v) is 19.6. The minimum absolute atomic E-state index is 0.208. The van der Waals surface area contributed by atoms with Gasteiger partial charge in [-0.3, -0.25) is 9.88 Å². The number of anilines is 1. The minimum Gasteiger partial charge on any atom is -0.492 e. The van der Waals surface area contributed by atoms with Crippen LogP contribution in [0.25, 0.3) is 28.2 Å². The average Bonchev–Trinajstić information content (AvgIpc) is 3.37. The number of piperidine rings is 1. The highest BCUT2D eigenvalue weighted by Crippen LogP contribution is 2.31. The van der Waals surface area contributed by atoms with Crippen molar-refractivity contribution in [1.29, 1.82) is 0 Å². The molecule has 0 unspecified atom stereocenters. The first-order chi connectivity index (χ1) is 17.1. The van der Waals surface area contributed by atoms with Gasteiger partial charge in [-0.1, -0.05) is 6.42 Å². The van der Waals surface area contributed by atoms with E-state index in [4.69, 9.17) is 10.5 Å². The molecule has 1 aliphatic heterocycles. The summed E-state index contributed by atoms with van der Waals surface area (Å²) in [6.07, 6.45) is 8.80. The van der Waals surface area contributed by atoms with Gasteiger partial charge in [0.1, 0.15) is 23.9 Å². The van der Waals surface area contributed by atoms with Crippen LogP contribution in [0.4, 0.5) is 10.2 Å². The number of halogens is 1. The molecular formula is C25H27FN8O. The highest BCUT2D eigenvalue weighted by atomic mass is 19.1. The standard InChI is InChI=1S/C25H27FN8O/c1-17-22(35-14-13-33-11-3-2-4-12-33)6-5-21(23(17)26)34-25(30-31-32-34)20-15-19(16-29-24(20)27)18-7-9-28-10-8-18/h5-10,15-16H,2-4,11-14H2,1H3,(H2,27,29). The van der Waals surface area contributed by atoms with Crippen LogP contribution in [0.5, 0.6) is 5.75 Å². The van der Waals surface area contributed by atoms with Gasteiger partial charge in [0, 0.05) is 36.3 Å². The molecule has 3 aromatic heterocycles. The number of ether oxygens (including phenoxy) is 1. The Morgan fingerprint density at radius 3 is 2.66 bits per heavy atom. The maximum absolute atomic E-state index is 15.5. The molecule has 1 saturated heterocycles. The van der Waals surface area contributed by atoms with Crippen LogP contribution in [-0.4, -0.2) is 61.3 Å². The van der Waals surface area contributed by atoms with Crippen LogP contribution >= 0.6 is 0 Å². The Hall–Kier alpha value is -3.92. The summed E-state index contributed by atoms with van der Waals surface area (Å²) >= 11 is 0. The van der Waals surface area contributed by atoms with Crippen molar-refractivity contribution in [2.75, 3.05) is 32.0 Å². The number of aromatic nitrogens is 6. The van der Waals surface area contributed by atoms with E-state index in [0.29, 0.717) is 29.3 Å². The molecule has 1 fully saturated rings. The lowest BCUT2D eigenvalue weighted by Crippen LogP contribution is -2.33. The number of rotatable bonds is 7. The third kappa shape index (κ3) is 4.83. The molecule has 4 heterocycles. The quantitative estimate of drug-likeness (QED) is 0.432. The van der Waals surface area contributed by atoms with Gasteiger partial charge in [-0.15, -0.1) is 5.10 Å². The molecule has 1 aliphatic rings. The van der Waals surface area contributed by atoms with Gasteiger partial charge in [0.05, 0.1) is 5.56 Å². The molecule has 10 heteroatoms. The van der Waals surface area contributed by atoms with E-state index < -0.39 is 5.82 Å². The Balaban J connectivity index is 1.41. The zero-order chi connectivity index (χ0) is 24.2. The molecule has 0 aliphatic carbocycles. The highest BCUT2D eigenvalue weighted by Gasteiger charge is 2.20. The molecule has 9 nitrogen and oxygen atoms in total. The molecule has 0 bridgehead atoms. The Labute approximate surface area is 202 Å². The molecule has 0 atom stereocenters. The van der Waals surface area contributed by atoms with Crippen molar-refractivity contribution in [1.82, 2.24) is 35.1 Å². The van der Waals surface area contributed by atoms with Gasteiger partial charge >= 0.3 is 0 Å². The van der Waals surface area contributed by atoms with Crippen molar-refractivity contribution < 1.29 is 9.13 Å². The second-order valence-electron chi connectivity index (χ2n) is 8.58. The van der Waals surface area contributed by atoms with E-state index >= 15 is 4.39 Å². The SMILES string of the molecule is Cc1c(OCCN2CCCCC2)ccc(-n2nnnc2-c2cc(-c3ccncc3)cnc2N)c1F. The van der Waals surface area contributed by atoms with Crippen LogP contribution in [0.15, 0.2) is 48.9 Å². The van der Waals surface area contributed by atoms with Crippen LogP contribution in [0.1, 0.15) is 24.8 Å².